The third-order valence-electron chi connectivity index (χ3n) is 2.38. The number of nitrogens with zero attached hydrogens (tertiary/aromatic N) is 2. The van der Waals surface area contributed by atoms with Crippen LogP contribution in [0.1, 0.15) is 28.7 Å². The summed E-state index contributed by atoms with van der Waals surface area (Å²) >= 11 is 0. The number of carbonyl (C=O) groups is 1. The van der Waals surface area contributed by atoms with Crippen LogP contribution in [0.15, 0.2) is 0 Å². The zero-order valence-electron chi connectivity index (χ0n) is 9.37. The molecule has 0 aromatic carbocycles. The molecule has 1 aromatic heterocycles. The van der Waals surface area contributed by atoms with Gasteiger partial charge < -0.3 is 10.0 Å². The van der Waals surface area contributed by atoms with Crippen LogP contribution in [0, 0.1) is 13.8 Å². The molecule has 0 aliphatic rings. The number of aromatic amines is 1. The normalized spacial score (nSPS) is 10.4. The van der Waals surface area contributed by atoms with Crippen LogP contribution in [0.2, 0.25) is 0 Å². The van der Waals surface area contributed by atoms with E-state index in [-0.39, 0.29) is 12.5 Å². The van der Waals surface area contributed by atoms with Crippen LogP contribution >= 0.6 is 0 Å². The molecule has 0 saturated heterocycles. The first-order valence-corrected chi connectivity index (χ1v) is 5.03. The molecule has 0 unspecified atom stereocenters. The van der Waals surface area contributed by atoms with E-state index in [1.54, 1.807) is 11.8 Å². The second-order valence-corrected chi connectivity index (χ2v) is 3.42. The number of carbonyl (C=O) groups excluding carboxylic acids is 1. The van der Waals surface area contributed by atoms with E-state index in [9.17, 15) is 4.79 Å². The maximum Gasteiger partial charge on any atom is 0.257 e. The Morgan fingerprint density at radius 2 is 2.20 bits per heavy atom. The first kappa shape index (κ1) is 11.7. The molecule has 2 N–H and O–H groups in total. The van der Waals surface area contributed by atoms with E-state index >= 15 is 0 Å². The first-order valence-electron chi connectivity index (χ1n) is 5.03. The van der Waals surface area contributed by atoms with E-state index in [0.29, 0.717) is 24.3 Å². The Bertz CT molecular complexity index is 327. The van der Waals surface area contributed by atoms with Crippen molar-refractivity contribution in [1.82, 2.24) is 15.1 Å². The van der Waals surface area contributed by atoms with Crippen molar-refractivity contribution in [1.29, 1.82) is 0 Å². The van der Waals surface area contributed by atoms with E-state index in [1.807, 2.05) is 13.8 Å². The minimum Gasteiger partial charge on any atom is -0.395 e. The highest BCUT2D eigenvalue weighted by molar-refractivity contribution is 5.96. The van der Waals surface area contributed by atoms with Gasteiger partial charge in [0, 0.05) is 18.8 Å². The molecule has 1 rings (SSSR count). The molecule has 5 nitrogen and oxygen atoms in total. The number of hydrogen-bond donors (Lipinski definition) is 2. The summed E-state index contributed by atoms with van der Waals surface area (Å²) in [5, 5.41) is 15.6. The number of hydrogen-bond acceptors (Lipinski definition) is 3. The smallest absolute Gasteiger partial charge is 0.257 e. The Balaban J connectivity index is 2.92. The molecule has 0 radical (unpaired) electrons. The largest absolute Gasteiger partial charge is 0.395 e. The van der Waals surface area contributed by atoms with E-state index in [4.69, 9.17) is 5.11 Å². The molecule has 15 heavy (non-hydrogen) atoms. The van der Waals surface area contributed by atoms with Crippen LogP contribution in [0.5, 0.6) is 0 Å². The average Bonchev–Trinajstić information content (AvgIpc) is 2.54. The number of H-pyrrole nitrogens is 1. The summed E-state index contributed by atoms with van der Waals surface area (Å²) in [7, 11) is 0. The molecule has 0 saturated carbocycles. The van der Waals surface area contributed by atoms with Gasteiger partial charge in [0.25, 0.3) is 5.91 Å². The summed E-state index contributed by atoms with van der Waals surface area (Å²) in [6.45, 7) is 6.43. The van der Waals surface area contributed by atoms with Crippen LogP contribution in [0.3, 0.4) is 0 Å². The third-order valence-corrected chi connectivity index (χ3v) is 2.38. The van der Waals surface area contributed by atoms with E-state index < -0.39 is 0 Å². The summed E-state index contributed by atoms with van der Waals surface area (Å²) in [5.74, 6) is -0.0738. The molecular formula is C10H17N3O2. The van der Waals surface area contributed by atoms with E-state index in [2.05, 4.69) is 10.2 Å². The number of likely N-dealkylation sites (N-methyl/N-ethyl adjacent to an activating group) is 1. The molecule has 84 valence electrons. The van der Waals surface area contributed by atoms with Gasteiger partial charge in [-0.2, -0.15) is 5.10 Å². The van der Waals surface area contributed by atoms with Crippen LogP contribution in [-0.4, -0.2) is 45.8 Å². The van der Waals surface area contributed by atoms with Crippen LogP contribution in [0.4, 0.5) is 0 Å². The summed E-state index contributed by atoms with van der Waals surface area (Å²) < 4.78 is 0. The van der Waals surface area contributed by atoms with Gasteiger partial charge in [-0.3, -0.25) is 9.89 Å². The molecular weight excluding hydrogens is 194 g/mol. The molecule has 0 spiro atoms. The summed E-state index contributed by atoms with van der Waals surface area (Å²) in [4.78, 5) is 13.6. The van der Waals surface area contributed by atoms with Crippen molar-refractivity contribution in [3.8, 4) is 0 Å². The lowest BCUT2D eigenvalue weighted by atomic mass is 10.1. The Morgan fingerprint density at radius 1 is 1.53 bits per heavy atom. The average molecular weight is 211 g/mol. The molecule has 0 bridgehead atoms. The molecule has 0 aliphatic heterocycles. The third kappa shape index (κ3) is 2.36. The Labute approximate surface area is 89.1 Å². The maximum atomic E-state index is 12.0. The number of aryl methyl sites for hydroxylation is 2. The highest BCUT2D eigenvalue weighted by atomic mass is 16.3. The van der Waals surface area contributed by atoms with Gasteiger partial charge in [-0.05, 0) is 20.8 Å². The van der Waals surface area contributed by atoms with E-state index in [1.165, 1.54) is 0 Å². The number of rotatable bonds is 4. The lowest BCUT2D eigenvalue weighted by Crippen LogP contribution is -2.33. The Morgan fingerprint density at radius 3 is 2.60 bits per heavy atom. The van der Waals surface area contributed by atoms with Gasteiger partial charge >= 0.3 is 0 Å². The molecule has 0 aliphatic carbocycles. The van der Waals surface area contributed by atoms with Crippen molar-refractivity contribution in [2.75, 3.05) is 19.7 Å². The van der Waals surface area contributed by atoms with Gasteiger partial charge in [0.15, 0.2) is 0 Å². The van der Waals surface area contributed by atoms with Crippen molar-refractivity contribution in [3.63, 3.8) is 0 Å². The predicted molar refractivity (Wildman–Crippen MR) is 56.7 cm³/mol. The predicted octanol–water partition coefficient (Wildman–Crippen LogP) is 0.481. The highest BCUT2D eigenvalue weighted by Crippen LogP contribution is 2.12. The first-order chi connectivity index (χ1) is 7.11. The summed E-state index contributed by atoms with van der Waals surface area (Å²) in [6.07, 6.45) is 0. The van der Waals surface area contributed by atoms with Crippen LogP contribution in [-0.2, 0) is 0 Å². The molecule has 1 aromatic rings. The van der Waals surface area contributed by atoms with Gasteiger partial charge in [0.1, 0.15) is 0 Å². The number of aliphatic hydroxyl groups excluding tert-OH is 1. The molecule has 1 amide bonds. The fraction of sp³-hybridized carbons (Fsp3) is 0.600. The SMILES string of the molecule is CCN(CCO)C(=O)c1c(C)n[nH]c1C. The zero-order valence-corrected chi connectivity index (χ0v) is 9.37. The van der Waals surface area contributed by atoms with E-state index in [0.717, 1.165) is 5.69 Å². The Hall–Kier alpha value is -1.36. The lowest BCUT2D eigenvalue weighted by molar-refractivity contribution is 0.0730. The van der Waals surface area contributed by atoms with Gasteiger partial charge in [0.05, 0.1) is 17.9 Å². The quantitative estimate of drug-likeness (QED) is 0.761. The van der Waals surface area contributed by atoms with Crippen molar-refractivity contribution in [2.24, 2.45) is 0 Å². The zero-order chi connectivity index (χ0) is 11.4. The van der Waals surface area contributed by atoms with Gasteiger partial charge in [-0.1, -0.05) is 0 Å². The van der Waals surface area contributed by atoms with Crippen molar-refractivity contribution in [3.05, 3.63) is 17.0 Å². The fourth-order valence-electron chi connectivity index (χ4n) is 1.55. The second kappa shape index (κ2) is 4.93. The second-order valence-electron chi connectivity index (χ2n) is 3.42. The maximum absolute atomic E-state index is 12.0. The summed E-state index contributed by atoms with van der Waals surface area (Å²) in [5.41, 5.74) is 2.09. The van der Waals surface area contributed by atoms with Crippen molar-refractivity contribution in [2.45, 2.75) is 20.8 Å². The molecule has 0 fully saturated rings. The van der Waals surface area contributed by atoms with Crippen LogP contribution < -0.4 is 0 Å². The number of nitrogens with one attached hydrogen (secondary N) is 1. The number of aromatic nitrogens is 2. The Kier molecular flexibility index (Phi) is 3.85. The van der Waals surface area contributed by atoms with Gasteiger partial charge in [-0.25, -0.2) is 0 Å². The fourth-order valence-corrected chi connectivity index (χ4v) is 1.55. The number of amides is 1. The van der Waals surface area contributed by atoms with Crippen molar-refractivity contribution < 1.29 is 9.90 Å². The van der Waals surface area contributed by atoms with Crippen LogP contribution in [0.25, 0.3) is 0 Å². The minimum absolute atomic E-state index is 0.0183. The standard InChI is InChI=1S/C10H17N3O2/c1-4-13(5-6-14)10(15)9-7(2)11-12-8(9)3/h14H,4-6H2,1-3H3,(H,11,12). The minimum atomic E-state index is -0.0738. The highest BCUT2D eigenvalue weighted by Gasteiger charge is 2.19. The topological polar surface area (TPSA) is 69.2 Å². The van der Waals surface area contributed by atoms with Gasteiger partial charge in [0.2, 0.25) is 0 Å². The van der Waals surface area contributed by atoms with Gasteiger partial charge in [-0.15, -0.1) is 0 Å². The monoisotopic (exact) mass is 211 g/mol. The lowest BCUT2D eigenvalue weighted by Gasteiger charge is -2.19. The van der Waals surface area contributed by atoms with Crippen molar-refractivity contribution >= 4 is 5.91 Å². The molecule has 5 heteroatoms. The summed E-state index contributed by atoms with van der Waals surface area (Å²) in [6, 6.07) is 0. The molecule has 0 atom stereocenters. The molecule has 1 heterocycles. The number of aliphatic hydroxyl groups is 1.